The summed E-state index contributed by atoms with van der Waals surface area (Å²) < 4.78 is 5.41. The second-order valence-electron chi connectivity index (χ2n) is 5.16. The number of nitrogens with one attached hydrogen (secondary N) is 1. The van der Waals surface area contributed by atoms with Crippen molar-refractivity contribution in [2.75, 3.05) is 24.5 Å². The molecule has 1 aliphatic rings. The first-order valence-electron chi connectivity index (χ1n) is 6.77. The molecule has 0 aliphatic heterocycles. The highest BCUT2D eigenvalue weighted by molar-refractivity contribution is 5.64. The Labute approximate surface area is 114 Å². The van der Waals surface area contributed by atoms with Gasteiger partial charge in [-0.1, -0.05) is 19.8 Å². The van der Waals surface area contributed by atoms with E-state index in [-0.39, 0.29) is 0 Å². The lowest BCUT2D eigenvalue weighted by Crippen LogP contribution is -2.39. The Balaban J connectivity index is 2.29. The van der Waals surface area contributed by atoms with Crippen LogP contribution in [0, 0.1) is 5.92 Å². The summed E-state index contributed by atoms with van der Waals surface area (Å²) in [5.74, 6) is 8.04. The molecule has 1 saturated carbocycles. The minimum atomic E-state index is 0.489. The number of ether oxygens (including phenoxy) is 1. The van der Waals surface area contributed by atoms with E-state index in [4.69, 9.17) is 10.6 Å². The molecule has 0 aromatic carbocycles. The topological polar surface area (TPSA) is 76.3 Å². The van der Waals surface area contributed by atoms with Crippen LogP contribution < -0.4 is 20.9 Å². The molecule has 0 bridgehead atoms. The Morgan fingerprint density at radius 3 is 2.74 bits per heavy atom. The van der Waals surface area contributed by atoms with Crippen molar-refractivity contribution in [3.63, 3.8) is 0 Å². The fourth-order valence-electron chi connectivity index (χ4n) is 2.94. The number of rotatable bonds is 4. The molecular formula is C13H23N5O. The van der Waals surface area contributed by atoms with Crippen LogP contribution in [0.1, 0.15) is 32.6 Å². The number of hydrogen-bond acceptors (Lipinski definition) is 6. The second kappa shape index (κ2) is 6.06. The Morgan fingerprint density at radius 2 is 2.11 bits per heavy atom. The molecule has 106 valence electrons. The average molecular weight is 265 g/mol. The summed E-state index contributed by atoms with van der Waals surface area (Å²) in [4.78, 5) is 10.6. The maximum absolute atomic E-state index is 5.46. The Kier molecular flexibility index (Phi) is 4.42. The Hall–Kier alpha value is -1.56. The maximum atomic E-state index is 5.46. The fourth-order valence-corrected chi connectivity index (χ4v) is 2.94. The van der Waals surface area contributed by atoms with E-state index in [0.717, 1.165) is 5.82 Å². The van der Waals surface area contributed by atoms with Gasteiger partial charge in [-0.2, -0.15) is 0 Å². The molecule has 1 aliphatic carbocycles. The van der Waals surface area contributed by atoms with Gasteiger partial charge in [-0.25, -0.2) is 15.8 Å². The summed E-state index contributed by atoms with van der Waals surface area (Å²) in [5.41, 5.74) is 2.55. The van der Waals surface area contributed by atoms with Crippen LogP contribution in [0.4, 0.5) is 11.6 Å². The maximum Gasteiger partial charge on any atom is 0.205 e. The number of methoxy groups -OCH3 is 1. The van der Waals surface area contributed by atoms with Gasteiger partial charge in [0, 0.05) is 13.1 Å². The highest BCUT2D eigenvalue weighted by Gasteiger charge is 2.28. The highest BCUT2D eigenvalue weighted by atomic mass is 16.5. The van der Waals surface area contributed by atoms with E-state index in [1.165, 1.54) is 32.0 Å². The quantitative estimate of drug-likeness (QED) is 0.638. The Bertz CT molecular complexity index is 425. The largest absolute Gasteiger partial charge is 0.490 e. The van der Waals surface area contributed by atoms with E-state index in [2.05, 4.69) is 34.3 Å². The lowest BCUT2D eigenvalue weighted by atomic mass is 9.85. The van der Waals surface area contributed by atoms with Gasteiger partial charge in [0.2, 0.25) is 5.75 Å². The minimum Gasteiger partial charge on any atom is -0.490 e. The summed E-state index contributed by atoms with van der Waals surface area (Å²) >= 11 is 0. The zero-order valence-corrected chi connectivity index (χ0v) is 11.9. The van der Waals surface area contributed by atoms with E-state index in [1.54, 1.807) is 7.11 Å². The third kappa shape index (κ3) is 2.73. The third-order valence-corrected chi connectivity index (χ3v) is 4.02. The number of nitrogens with zero attached hydrogens (tertiary/aromatic N) is 3. The van der Waals surface area contributed by atoms with Crippen molar-refractivity contribution in [3.05, 3.63) is 6.33 Å². The third-order valence-electron chi connectivity index (χ3n) is 4.02. The second-order valence-corrected chi connectivity index (χ2v) is 5.16. The predicted octanol–water partition coefficient (Wildman–Crippen LogP) is 1.79. The van der Waals surface area contributed by atoms with Gasteiger partial charge in [-0.15, -0.1) is 0 Å². The molecule has 1 aromatic rings. The molecule has 1 fully saturated rings. The molecule has 2 atom stereocenters. The molecule has 0 saturated heterocycles. The van der Waals surface area contributed by atoms with Gasteiger partial charge in [-0.3, -0.25) is 0 Å². The van der Waals surface area contributed by atoms with Crippen molar-refractivity contribution in [2.45, 2.75) is 38.6 Å². The van der Waals surface area contributed by atoms with Crippen LogP contribution in [0.3, 0.4) is 0 Å². The fraction of sp³-hybridized carbons (Fsp3) is 0.692. The molecule has 19 heavy (non-hydrogen) atoms. The first-order valence-corrected chi connectivity index (χ1v) is 6.77. The lowest BCUT2D eigenvalue weighted by Gasteiger charge is -2.37. The SMILES string of the molecule is COc1c(NN)ncnc1N(C)C1CCCCC1C. The van der Waals surface area contributed by atoms with Crippen molar-refractivity contribution >= 4 is 11.6 Å². The van der Waals surface area contributed by atoms with Crippen molar-refractivity contribution in [2.24, 2.45) is 11.8 Å². The number of aromatic nitrogens is 2. The first-order chi connectivity index (χ1) is 9.19. The van der Waals surface area contributed by atoms with Crippen molar-refractivity contribution < 1.29 is 4.74 Å². The van der Waals surface area contributed by atoms with Gasteiger partial charge >= 0.3 is 0 Å². The van der Waals surface area contributed by atoms with Gasteiger partial charge in [0.25, 0.3) is 0 Å². The summed E-state index contributed by atoms with van der Waals surface area (Å²) in [6.07, 6.45) is 6.56. The minimum absolute atomic E-state index is 0.489. The van der Waals surface area contributed by atoms with Crippen molar-refractivity contribution in [3.8, 4) is 5.75 Å². The van der Waals surface area contributed by atoms with Gasteiger partial charge in [-0.05, 0) is 18.8 Å². The molecule has 1 heterocycles. The van der Waals surface area contributed by atoms with E-state index in [1.807, 2.05) is 0 Å². The standard InChI is InChI=1S/C13H23N5O/c1-9-6-4-5-7-10(9)18(2)13-11(19-3)12(17-14)15-8-16-13/h8-10H,4-7,14H2,1-3H3,(H,15,16,17). The van der Waals surface area contributed by atoms with E-state index in [0.29, 0.717) is 23.5 Å². The van der Waals surface area contributed by atoms with Crippen molar-refractivity contribution in [1.29, 1.82) is 0 Å². The smallest absolute Gasteiger partial charge is 0.205 e. The van der Waals surface area contributed by atoms with Crippen LogP contribution in [0.15, 0.2) is 6.33 Å². The van der Waals surface area contributed by atoms with Crippen LogP contribution in [0.5, 0.6) is 5.75 Å². The summed E-state index contributed by atoms with van der Waals surface area (Å²) in [5, 5.41) is 0. The molecule has 1 aromatic heterocycles. The molecule has 0 amide bonds. The molecular weight excluding hydrogens is 242 g/mol. The lowest BCUT2D eigenvalue weighted by molar-refractivity contribution is 0.317. The monoisotopic (exact) mass is 265 g/mol. The number of hydrazine groups is 1. The summed E-state index contributed by atoms with van der Waals surface area (Å²) in [6.45, 7) is 2.30. The zero-order valence-electron chi connectivity index (χ0n) is 11.9. The summed E-state index contributed by atoms with van der Waals surface area (Å²) in [7, 11) is 3.68. The van der Waals surface area contributed by atoms with E-state index in [9.17, 15) is 0 Å². The van der Waals surface area contributed by atoms with E-state index >= 15 is 0 Å². The Morgan fingerprint density at radius 1 is 1.37 bits per heavy atom. The molecule has 0 spiro atoms. The zero-order chi connectivity index (χ0) is 13.8. The highest BCUT2D eigenvalue weighted by Crippen LogP contribution is 2.36. The number of nitrogens with two attached hydrogens (primary N) is 1. The normalized spacial score (nSPS) is 22.9. The van der Waals surface area contributed by atoms with Crippen LogP contribution in [0.2, 0.25) is 0 Å². The molecule has 2 rings (SSSR count). The first kappa shape index (κ1) is 13.9. The average Bonchev–Trinajstić information content (AvgIpc) is 2.46. The van der Waals surface area contributed by atoms with Gasteiger partial charge < -0.3 is 15.1 Å². The number of hydrogen-bond donors (Lipinski definition) is 2. The van der Waals surface area contributed by atoms with Crippen LogP contribution in [-0.2, 0) is 0 Å². The number of nitrogen functional groups attached to an aromatic ring is 1. The van der Waals surface area contributed by atoms with Crippen molar-refractivity contribution in [1.82, 2.24) is 9.97 Å². The summed E-state index contributed by atoms with van der Waals surface area (Å²) in [6, 6.07) is 0.489. The molecule has 0 radical (unpaired) electrons. The predicted molar refractivity (Wildman–Crippen MR) is 76.2 cm³/mol. The van der Waals surface area contributed by atoms with Gasteiger partial charge in [0.05, 0.1) is 7.11 Å². The molecule has 6 heteroatoms. The van der Waals surface area contributed by atoms with Gasteiger partial charge in [0.15, 0.2) is 11.6 Å². The molecule has 3 N–H and O–H groups in total. The van der Waals surface area contributed by atoms with Crippen LogP contribution in [-0.4, -0.2) is 30.2 Å². The molecule has 6 nitrogen and oxygen atoms in total. The molecule has 2 unspecified atom stereocenters. The van der Waals surface area contributed by atoms with Crippen LogP contribution in [0.25, 0.3) is 0 Å². The van der Waals surface area contributed by atoms with E-state index < -0.39 is 0 Å². The number of anilines is 2. The van der Waals surface area contributed by atoms with Gasteiger partial charge in [0.1, 0.15) is 6.33 Å². The van der Waals surface area contributed by atoms with Crippen LogP contribution >= 0.6 is 0 Å².